The molecule has 0 bridgehead atoms. The van der Waals surface area contributed by atoms with Crippen LogP contribution in [0.4, 0.5) is 0 Å². The van der Waals surface area contributed by atoms with Crippen LogP contribution in [0.3, 0.4) is 0 Å². The zero-order valence-corrected chi connectivity index (χ0v) is 10.0. The Morgan fingerprint density at radius 3 is 2.40 bits per heavy atom. The lowest BCUT2D eigenvalue weighted by molar-refractivity contribution is 0.399. The maximum absolute atomic E-state index is 10.6. The third-order valence-corrected chi connectivity index (χ3v) is 8.23. The van der Waals surface area contributed by atoms with Crippen LogP contribution in [-0.4, -0.2) is 19.5 Å². The highest BCUT2D eigenvalue weighted by Crippen LogP contribution is 2.39. The van der Waals surface area contributed by atoms with Crippen LogP contribution in [-0.2, 0) is 13.0 Å². The van der Waals surface area contributed by atoms with Crippen molar-refractivity contribution < 1.29 is 13.0 Å². The Balaban J connectivity index is 2.46. The normalized spacial score (nSPS) is 42.8. The van der Waals surface area contributed by atoms with Gasteiger partial charge < -0.3 is 0 Å². The summed E-state index contributed by atoms with van der Waals surface area (Å²) < 4.78 is 21.1. The van der Waals surface area contributed by atoms with Crippen molar-refractivity contribution in [2.24, 2.45) is 0 Å². The lowest BCUT2D eigenvalue weighted by Gasteiger charge is -2.22. The van der Waals surface area contributed by atoms with E-state index in [-0.39, 0.29) is 0 Å². The third kappa shape index (κ3) is 1.97. The van der Waals surface area contributed by atoms with Crippen molar-refractivity contribution in [1.82, 2.24) is 0 Å². The summed E-state index contributed by atoms with van der Waals surface area (Å²) in [6.07, 6.45) is 1.12. The molecule has 0 aliphatic carbocycles. The Hall–Kier alpha value is 0.454. The van der Waals surface area contributed by atoms with Crippen molar-refractivity contribution in [3.8, 4) is 0 Å². The first-order chi connectivity index (χ1) is 4.66. The molecule has 0 spiro atoms. The van der Waals surface area contributed by atoms with Crippen LogP contribution in [0.5, 0.6) is 0 Å². The molecule has 0 N–H and O–H groups in total. The van der Waals surface area contributed by atoms with E-state index in [1.807, 2.05) is 0 Å². The standard InChI is InChI=1S/C4H12O3PSi2/c1-3-4(2)9-6-8(5)7-10-4/h3,9-10H2,1-2H3/q+1. The molecule has 1 fully saturated rings. The van der Waals surface area contributed by atoms with Crippen LogP contribution >= 0.6 is 8.25 Å². The molecule has 6 heteroatoms. The molecule has 0 unspecified atom stereocenters. The predicted molar refractivity (Wildman–Crippen MR) is 45.5 cm³/mol. The highest BCUT2D eigenvalue weighted by Gasteiger charge is 2.40. The third-order valence-electron chi connectivity index (χ3n) is 1.89. The van der Waals surface area contributed by atoms with E-state index in [0.29, 0.717) is 4.66 Å². The molecule has 58 valence electrons. The van der Waals surface area contributed by atoms with Gasteiger partial charge in [0.25, 0.3) is 0 Å². The maximum atomic E-state index is 10.6. The summed E-state index contributed by atoms with van der Waals surface area (Å²) in [4.78, 5) is 0. The van der Waals surface area contributed by atoms with Crippen molar-refractivity contribution in [2.75, 3.05) is 0 Å². The molecule has 1 saturated heterocycles. The minimum atomic E-state index is -1.68. The van der Waals surface area contributed by atoms with Crippen LogP contribution in [0.25, 0.3) is 0 Å². The fourth-order valence-electron chi connectivity index (χ4n) is 0.700. The summed E-state index contributed by atoms with van der Waals surface area (Å²) >= 11 is 0. The second-order valence-electron chi connectivity index (χ2n) is 2.93. The van der Waals surface area contributed by atoms with Crippen LogP contribution in [0.1, 0.15) is 20.3 Å². The second-order valence-corrected chi connectivity index (χ2v) is 10.4. The van der Waals surface area contributed by atoms with Gasteiger partial charge in [-0.2, -0.15) is 8.43 Å². The van der Waals surface area contributed by atoms with E-state index in [1.165, 1.54) is 0 Å². The van der Waals surface area contributed by atoms with Gasteiger partial charge in [0.2, 0.25) is 19.5 Å². The summed E-state index contributed by atoms with van der Waals surface area (Å²) in [6, 6.07) is 0. The molecule has 10 heavy (non-hydrogen) atoms. The van der Waals surface area contributed by atoms with E-state index in [2.05, 4.69) is 13.8 Å². The van der Waals surface area contributed by atoms with Gasteiger partial charge in [0.05, 0.1) is 0 Å². The van der Waals surface area contributed by atoms with Crippen LogP contribution < -0.4 is 0 Å². The van der Waals surface area contributed by atoms with E-state index < -0.39 is 27.8 Å². The Bertz CT molecular complexity index is 141. The molecule has 0 radical (unpaired) electrons. The molecule has 0 aromatic rings. The van der Waals surface area contributed by atoms with Gasteiger partial charge in [-0.05, 0) is 0 Å². The first kappa shape index (κ1) is 8.55. The predicted octanol–water partition coefficient (Wildman–Crippen LogP) is 0.404. The number of hydrogen-bond acceptors (Lipinski definition) is 3. The fraction of sp³-hybridized carbons (Fsp3) is 1.00. The van der Waals surface area contributed by atoms with Crippen molar-refractivity contribution in [3.63, 3.8) is 0 Å². The van der Waals surface area contributed by atoms with Gasteiger partial charge in [0.15, 0.2) is 0 Å². The van der Waals surface area contributed by atoms with E-state index >= 15 is 0 Å². The quantitative estimate of drug-likeness (QED) is 0.449. The smallest absolute Gasteiger partial charge is 0.184 e. The van der Waals surface area contributed by atoms with Gasteiger partial charge in [-0.15, -0.1) is 0 Å². The van der Waals surface area contributed by atoms with Crippen LogP contribution in [0, 0.1) is 0 Å². The van der Waals surface area contributed by atoms with E-state index in [0.717, 1.165) is 6.42 Å². The maximum Gasteiger partial charge on any atom is 0.671 e. The molecule has 1 aliphatic rings. The molecule has 0 aromatic carbocycles. The summed E-state index contributed by atoms with van der Waals surface area (Å²) in [5.74, 6) is 0. The molecule has 1 rings (SSSR count). The Kier molecular flexibility index (Phi) is 2.76. The largest absolute Gasteiger partial charge is 0.671 e. The zero-order valence-electron chi connectivity index (χ0n) is 6.29. The van der Waals surface area contributed by atoms with Gasteiger partial charge in [0, 0.05) is 9.23 Å². The Morgan fingerprint density at radius 2 is 2.00 bits per heavy atom. The van der Waals surface area contributed by atoms with Crippen molar-refractivity contribution in [1.29, 1.82) is 0 Å². The molecule has 0 amide bonds. The van der Waals surface area contributed by atoms with Crippen molar-refractivity contribution in [3.05, 3.63) is 0 Å². The molecule has 1 heterocycles. The zero-order chi connectivity index (χ0) is 7.61. The topological polar surface area (TPSA) is 35.5 Å². The lowest BCUT2D eigenvalue weighted by atomic mass is 10.4. The van der Waals surface area contributed by atoms with E-state index in [9.17, 15) is 4.57 Å². The Labute approximate surface area is 66.3 Å². The molecular weight excluding hydrogens is 183 g/mol. The molecule has 0 atom stereocenters. The minimum Gasteiger partial charge on any atom is -0.184 e. The highest BCUT2D eigenvalue weighted by molar-refractivity contribution is 7.37. The fourth-order valence-corrected chi connectivity index (χ4v) is 7.39. The SMILES string of the molecule is CCC1(C)[SiH2]O[P+](=O)O[SiH2]1. The van der Waals surface area contributed by atoms with Crippen molar-refractivity contribution in [2.45, 2.75) is 24.9 Å². The van der Waals surface area contributed by atoms with E-state index in [1.54, 1.807) is 0 Å². The lowest BCUT2D eigenvalue weighted by Crippen LogP contribution is -2.29. The van der Waals surface area contributed by atoms with Gasteiger partial charge in [-0.1, -0.05) is 20.3 Å². The Morgan fingerprint density at radius 1 is 1.50 bits per heavy atom. The first-order valence-electron chi connectivity index (χ1n) is 3.39. The number of rotatable bonds is 1. The average molecular weight is 195 g/mol. The van der Waals surface area contributed by atoms with Gasteiger partial charge in [-0.3, -0.25) is 0 Å². The van der Waals surface area contributed by atoms with Gasteiger partial charge in [0.1, 0.15) is 0 Å². The number of hydrogen-bond donors (Lipinski definition) is 0. The molecule has 0 saturated carbocycles. The van der Waals surface area contributed by atoms with Gasteiger partial charge in [-0.25, -0.2) is 0 Å². The average Bonchev–Trinajstić information content (AvgIpc) is 1.96. The monoisotopic (exact) mass is 195 g/mol. The van der Waals surface area contributed by atoms with Gasteiger partial charge >= 0.3 is 8.25 Å². The first-order valence-corrected chi connectivity index (χ1v) is 7.06. The second kappa shape index (κ2) is 3.23. The highest BCUT2D eigenvalue weighted by atomic mass is 31.1. The summed E-state index contributed by atoms with van der Waals surface area (Å²) in [6.45, 7) is 4.33. The summed E-state index contributed by atoms with van der Waals surface area (Å²) in [5.41, 5.74) is 0. The van der Waals surface area contributed by atoms with Crippen LogP contribution in [0.15, 0.2) is 0 Å². The minimum absolute atomic E-state index is 0.350. The molecule has 1 aliphatic heterocycles. The van der Waals surface area contributed by atoms with Crippen molar-refractivity contribution >= 4 is 27.8 Å². The summed E-state index contributed by atoms with van der Waals surface area (Å²) in [5, 5.41) is 0. The molecular formula is C4H12O3PSi2+. The van der Waals surface area contributed by atoms with Crippen LogP contribution in [0.2, 0.25) is 4.66 Å². The molecule has 0 aromatic heterocycles. The van der Waals surface area contributed by atoms with E-state index in [4.69, 9.17) is 8.43 Å². The molecule has 3 nitrogen and oxygen atoms in total. The summed E-state index contributed by atoms with van der Waals surface area (Å²) in [7, 11) is -2.82.